The minimum atomic E-state index is -0.858. The van der Waals surface area contributed by atoms with E-state index in [1.54, 1.807) is 0 Å². The van der Waals surface area contributed by atoms with Crippen LogP contribution in [-0.2, 0) is 9.53 Å². The van der Waals surface area contributed by atoms with Crippen molar-refractivity contribution < 1.29 is 14.6 Å². The molecule has 0 amide bonds. The average Bonchev–Trinajstić information content (AvgIpc) is 2.48. The average molecular weight is 256 g/mol. The van der Waals surface area contributed by atoms with Crippen molar-refractivity contribution >= 4 is 5.97 Å². The third-order valence-electron chi connectivity index (χ3n) is 2.99. The molecule has 0 aromatic heterocycles. The molecule has 0 fully saturated rings. The normalized spacial score (nSPS) is 11.9. The molecule has 0 bridgehead atoms. The second kappa shape index (κ2) is 6.16. The van der Waals surface area contributed by atoms with Crippen LogP contribution in [0.15, 0.2) is 54.6 Å². The van der Waals surface area contributed by atoms with Gasteiger partial charge in [0.2, 0.25) is 0 Å². The molecule has 1 N–H and O–H groups in total. The van der Waals surface area contributed by atoms with Gasteiger partial charge in [0.15, 0.2) is 0 Å². The Morgan fingerprint density at radius 2 is 1.74 bits per heavy atom. The lowest BCUT2D eigenvalue weighted by Crippen LogP contribution is -2.09. The van der Waals surface area contributed by atoms with Crippen LogP contribution in [0.3, 0.4) is 0 Å². The molecule has 98 valence electrons. The standard InChI is InChI=1S/C16H16O3/c1-19-16(18)11-15(17)14-10-6-5-9-13(14)12-7-3-2-4-8-12/h2-10,15,17H,11H2,1H3. The lowest BCUT2D eigenvalue weighted by Gasteiger charge is -2.14. The molecule has 2 aromatic rings. The Hall–Kier alpha value is -2.13. The molecular weight excluding hydrogens is 240 g/mol. The van der Waals surface area contributed by atoms with E-state index in [1.807, 2.05) is 54.6 Å². The fourth-order valence-electron chi connectivity index (χ4n) is 2.02. The summed E-state index contributed by atoms with van der Waals surface area (Å²) in [6, 6.07) is 17.3. The van der Waals surface area contributed by atoms with Gasteiger partial charge >= 0.3 is 5.97 Å². The smallest absolute Gasteiger partial charge is 0.308 e. The van der Waals surface area contributed by atoms with Gasteiger partial charge in [-0.1, -0.05) is 54.6 Å². The van der Waals surface area contributed by atoms with Gasteiger partial charge in [-0.15, -0.1) is 0 Å². The number of benzene rings is 2. The Morgan fingerprint density at radius 3 is 2.42 bits per heavy atom. The van der Waals surface area contributed by atoms with E-state index in [9.17, 15) is 9.90 Å². The number of carbonyl (C=O) groups is 1. The van der Waals surface area contributed by atoms with Crippen molar-refractivity contribution in [2.75, 3.05) is 7.11 Å². The Balaban J connectivity index is 2.34. The molecule has 0 spiro atoms. The second-order valence-electron chi connectivity index (χ2n) is 4.25. The molecule has 0 aliphatic carbocycles. The Morgan fingerprint density at radius 1 is 1.11 bits per heavy atom. The summed E-state index contributed by atoms with van der Waals surface area (Å²) in [4.78, 5) is 11.3. The Labute approximate surface area is 112 Å². The van der Waals surface area contributed by atoms with E-state index in [0.717, 1.165) is 16.7 Å². The van der Waals surface area contributed by atoms with E-state index in [1.165, 1.54) is 7.11 Å². The molecule has 0 aliphatic rings. The molecule has 0 aliphatic heterocycles. The Bertz CT molecular complexity index is 549. The fraction of sp³-hybridized carbons (Fsp3) is 0.188. The largest absolute Gasteiger partial charge is 0.469 e. The predicted molar refractivity (Wildman–Crippen MR) is 73.5 cm³/mol. The third-order valence-corrected chi connectivity index (χ3v) is 2.99. The van der Waals surface area contributed by atoms with Gasteiger partial charge in [0, 0.05) is 0 Å². The molecule has 0 saturated carbocycles. The van der Waals surface area contributed by atoms with Crippen LogP contribution < -0.4 is 0 Å². The summed E-state index contributed by atoms with van der Waals surface area (Å²) in [6.07, 6.45) is -0.899. The van der Waals surface area contributed by atoms with Crippen LogP contribution in [0.5, 0.6) is 0 Å². The van der Waals surface area contributed by atoms with Crippen molar-refractivity contribution in [3.05, 3.63) is 60.2 Å². The number of ether oxygens (including phenoxy) is 1. The van der Waals surface area contributed by atoms with E-state index in [4.69, 9.17) is 0 Å². The number of aliphatic hydroxyl groups is 1. The first-order valence-corrected chi connectivity index (χ1v) is 6.11. The van der Waals surface area contributed by atoms with Crippen molar-refractivity contribution in [3.63, 3.8) is 0 Å². The number of hydrogen-bond donors (Lipinski definition) is 1. The summed E-state index contributed by atoms with van der Waals surface area (Å²) in [5, 5.41) is 10.2. The zero-order valence-electron chi connectivity index (χ0n) is 10.7. The van der Waals surface area contributed by atoms with Gasteiger partial charge in [-0.25, -0.2) is 0 Å². The maximum absolute atomic E-state index is 11.3. The quantitative estimate of drug-likeness (QED) is 0.855. The first kappa shape index (κ1) is 13.3. The number of carbonyl (C=O) groups excluding carboxylic acids is 1. The maximum Gasteiger partial charge on any atom is 0.308 e. The number of esters is 1. The van der Waals surface area contributed by atoms with Crippen LogP contribution in [0.2, 0.25) is 0 Å². The van der Waals surface area contributed by atoms with Crippen molar-refractivity contribution in [1.29, 1.82) is 0 Å². The van der Waals surface area contributed by atoms with E-state index in [-0.39, 0.29) is 6.42 Å². The highest BCUT2D eigenvalue weighted by atomic mass is 16.5. The molecule has 0 radical (unpaired) electrons. The minimum Gasteiger partial charge on any atom is -0.469 e. The first-order valence-electron chi connectivity index (χ1n) is 6.11. The van der Waals surface area contributed by atoms with Gasteiger partial charge in [0.05, 0.1) is 19.6 Å². The van der Waals surface area contributed by atoms with Crippen molar-refractivity contribution in [2.24, 2.45) is 0 Å². The number of aliphatic hydroxyl groups excluding tert-OH is 1. The zero-order valence-corrected chi connectivity index (χ0v) is 10.7. The van der Waals surface area contributed by atoms with Crippen molar-refractivity contribution in [2.45, 2.75) is 12.5 Å². The maximum atomic E-state index is 11.3. The van der Waals surface area contributed by atoms with Crippen LogP contribution in [-0.4, -0.2) is 18.2 Å². The molecule has 1 atom stereocenters. The van der Waals surface area contributed by atoms with Gasteiger partial charge in [0.1, 0.15) is 0 Å². The summed E-state index contributed by atoms with van der Waals surface area (Å²) in [5.41, 5.74) is 2.68. The summed E-state index contributed by atoms with van der Waals surface area (Å²) in [7, 11) is 1.32. The molecule has 2 aromatic carbocycles. The molecule has 3 heteroatoms. The van der Waals surface area contributed by atoms with Crippen molar-refractivity contribution in [1.82, 2.24) is 0 Å². The lowest BCUT2D eigenvalue weighted by atomic mass is 9.95. The molecular formula is C16H16O3. The fourth-order valence-corrected chi connectivity index (χ4v) is 2.02. The number of rotatable bonds is 4. The predicted octanol–water partition coefficient (Wildman–Crippen LogP) is 2.95. The van der Waals surface area contributed by atoms with E-state index >= 15 is 0 Å². The summed E-state index contributed by atoms with van der Waals surface area (Å²) < 4.78 is 4.59. The SMILES string of the molecule is COC(=O)CC(O)c1ccccc1-c1ccccc1. The summed E-state index contributed by atoms with van der Waals surface area (Å²) in [6.45, 7) is 0. The summed E-state index contributed by atoms with van der Waals surface area (Å²) in [5.74, 6) is -0.421. The van der Waals surface area contributed by atoms with Crippen molar-refractivity contribution in [3.8, 4) is 11.1 Å². The lowest BCUT2D eigenvalue weighted by molar-refractivity contribution is -0.142. The molecule has 0 heterocycles. The van der Waals surface area contributed by atoms with Crippen LogP contribution >= 0.6 is 0 Å². The van der Waals surface area contributed by atoms with Crippen LogP contribution in [0, 0.1) is 0 Å². The number of methoxy groups -OCH3 is 1. The first-order chi connectivity index (χ1) is 9.22. The van der Waals surface area contributed by atoms with Crippen LogP contribution in [0.4, 0.5) is 0 Å². The van der Waals surface area contributed by atoms with Crippen LogP contribution in [0.25, 0.3) is 11.1 Å². The molecule has 1 unspecified atom stereocenters. The van der Waals surface area contributed by atoms with E-state index in [0.29, 0.717) is 0 Å². The van der Waals surface area contributed by atoms with Gasteiger partial charge in [-0.2, -0.15) is 0 Å². The topological polar surface area (TPSA) is 46.5 Å². The Kier molecular flexibility index (Phi) is 4.31. The van der Waals surface area contributed by atoms with Gasteiger partial charge in [-0.05, 0) is 16.7 Å². The summed E-state index contributed by atoms with van der Waals surface area (Å²) >= 11 is 0. The highest BCUT2D eigenvalue weighted by molar-refractivity contribution is 5.72. The molecule has 3 nitrogen and oxygen atoms in total. The molecule has 2 rings (SSSR count). The number of hydrogen-bond acceptors (Lipinski definition) is 3. The van der Waals surface area contributed by atoms with Gasteiger partial charge < -0.3 is 9.84 Å². The monoisotopic (exact) mass is 256 g/mol. The second-order valence-corrected chi connectivity index (χ2v) is 4.25. The van der Waals surface area contributed by atoms with E-state index in [2.05, 4.69) is 4.74 Å². The third kappa shape index (κ3) is 3.20. The highest BCUT2D eigenvalue weighted by Gasteiger charge is 2.16. The van der Waals surface area contributed by atoms with Gasteiger partial charge in [0.25, 0.3) is 0 Å². The zero-order chi connectivity index (χ0) is 13.7. The van der Waals surface area contributed by atoms with E-state index < -0.39 is 12.1 Å². The molecule has 0 saturated heterocycles. The minimum absolute atomic E-state index is 0.0413. The highest BCUT2D eigenvalue weighted by Crippen LogP contribution is 2.29. The molecule has 19 heavy (non-hydrogen) atoms. The van der Waals surface area contributed by atoms with Crippen LogP contribution in [0.1, 0.15) is 18.1 Å². The van der Waals surface area contributed by atoms with Gasteiger partial charge in [-0.3, -0.25) is 4.79 Å².